The third-order valence-electron chi connectivity index (χ3n) is 3.21. The lowest BCUT2D eigenvalue weighted by molar-refractivity contribution is 0.814. The maximum absolute atomic E-state index is 8.89. The minimum Gasteiger partial charge on any atom is -0.396 e. The smallest absolute Gasteiger partial charge is 0.165 e. The Morgan fingerprint density at radius 3 is 2.71 bits per heavy atom. The maximum atomic E-state index is 8.89. The molecule has 0 radical (unpaired) electrons. The fourth-order valence-electron chi connectivity index (χ4n) is 2.00. The molecule has 0 atom stereocenters. The van der Waals surface area contributed by atoms with Gasteiger partial charge in [-0.2, -0.15) is 5.26 Å². The van der Waals surface area contributed by atoms with E-state index < -0.39 is 0 Å². The highest BCUT2D eigenvalue weighted by atomic mass is 15.1. The SMILES string of the molecule is CN(CCCNc1ccc(N)c(C#N)n1)c1ccccc1. The molecular formula is C16H19N5. The fourth-order valence-corrected chi connectivity index (χ4v) is 2.00. The summed E-state index contributed by atoms with van der Waals surface area (Å²) in [5, 5.41) is 12.1. The minimum absolute atomic E-state index is 0.265. The standard InChI is InChI=1S/C16H19N5/c1-21(13-6-3-2-4-7-13)11-5-10-19-16-9-8-14(18)15(12-17)20-16/h2-4,6-9H,5,10-11,18H2,1H3,(H,19,20). The largest absolute Gasteiger partial charge is 0.396 e. The molecule has 0 saturated heterocycles. The monoisotopic (exact) mass is 281 g/mol. The normalized spacial score (nSPS) is 9.90. The number of anilines is 3. The molecule has 5 heteroatoms. The second-order valence-electron chi connectivity index (χ2n) is 4.78. The number of aromatic nitrogens is 1. The van der Waals surface area contributed by atoms with Gasteiger partial charge in [0.15, 0.2) is 5.69 Å². The first-order valence-corrected chi connectivity index (χ1v) is 6.87. The molecule has 108 valence electrons. The molecule has 0 fully saturated rings. The van der Waals surface area contributed by atoms with E-state index in [0.29, 0.717) is 11.5 Å². The van der Waals surface area contributed by atoms with Crippen molar-refractivity contribution in [1.82, 2.24) is 4.98 Å². The van der Waals surface area contributed by atoms with Crippen molar-refractivity contribution < 1.29 is 0 Å². The Labute approximate surface area is 125 Å². The molecular weight excluding hydrogens is 262 g/mol. The minimum atomic E-state index is 0.265. The van der Waals surface area contributed by atoms with Crippen molar-refractivity contribution in [3.05, 3.63) is 48.2 Å². The van der Waals surface area contributed by atoms with E-state index in [1.54, 1.807) is 12.1 Å². The molecule has 0 bridgehead atoms. The highest BCUT2D eigenvalue weighted by Crippen LogP contribution is 2.13. The van der Waals surface area contributed by atoms with E-state index >= 15 is 0 Å². The van der Waals surface area contributed by atoms with Crippen LogP contribution in [-0.2, 0) is 0 Å². The molecule has 1 aromatic heterocycles. The number of hydrogen-bond donors (Lipinski definition) is 2. The molecule has 0 aliphatic heterocycles. The van der Waals surface area contributed by atoms with E-state index in [-0.39, 0.29) is 5.69 Å². The lowest BCUT2D eigenvalue weighted by atomic mass is 10.3. The summed E-state index contributed by atoms with van der Waals surface area (Å²) in [4.78, 5) is 6.36. The quantitative estimate of drug-likeness (QED) is 0.795. The van der Waals surface area contributed by atoms with Crippen LogP contribution in [0.2, 0.25) is 0 Å². The van der Waals surface area contributed by atoms with Crippen molar-refractivity contribution in [2.75, 3.05) is 36.1 Å². The Kier molecular flexibility index (Phi) is 4.99. The van der Waals surface area contributed by atoms with Gasteiger partial charge in [0.1, 0.15) is 11.9 Å². The molecule has 0 aliphatic rings. The summed E-state index contributed by atoms with van der Waals surface area (Å²) in [6.07, 6.45) is 0.972. The number of pyridine rings is 1. The van der Waals surface area contributed by atoms with Gasteiger partial charge in [0.2, 0.25) is 0 Å². The van der Waals surface area contributed by atoms with E-state index in [9.17, 15) is 0 Å². The lowest BCUT2D eigenvalue weighted by Crippen LogP contribution is -2.20. The van der Waals surface area contributed by atoms with Gasteiger partial charge >= 0.3 is 0 Å². The second-order valence-corrected chi connectivity index (χ2v) is 4.78. The predicted octanol–water partition coefficient (Wildman–Crippen LogP) is 2.47. The molecule has 0 spiro atoms. The Bertz CT molecular complexity index is 618. The van der Waals surface area contributed by atoms with Crippen molar-refractivity contribution in [3.63, 3.8) is 0 Å². The zero-order valence-electron chi connectivity index (χ0n) is 12.1. The first-order valence-electron chi connectivity index (χ1n) is 6.87. The summed E-state index contributed by atoms with van der Waals surface area (Å²) < 4.78 is 0. The van der Waals surface area contributed by atoms with Crippen LogP contribution < -0.4 is 16.0 Å². The predicted molar refractivity (Wildman–Crippen MR) is 86.2 cm³/mol. The van der Waals surface area contributed by atoms with Gasteiger partial charge in [-0.25, -0.2) is 4.98 Å². The Morgan fingerprint density at radius 2 is 2.00 bits per heavy atom. The molecule has 3 N–H and O–H groups in total. The Morgan fingerprint density at radius 1 is 1.24 bits per heavy atom. The van der Waals surface area contributed by atoms with Crippen molar-refractivity contribution in [2.24, 2.45) is 0 Å². The summed E-state index contributed by atoms with van der Waals surface area (Å²) in [6, 6.07) is 15.7. The molecule has 5 nitrogen and oxygen atoms in total. The number of hydrogen-bond acceptors (Lipinski definition) is 5. The molecule has 0 saturated carbocycles. The number of nitrogens with two attached hydrogens (primary N) is 1. The van der Waals surface area contributed by atoms with Crippen molar-refractivity contribution in [1.29, 1.82) is 5.26 Å². The maximum Gasteiger partial charge on any atom is 0.165 e. The van der Waals surface area contributed by atoms with Gasteiger partial charge in [-0.15, -0.1) is 0 Å². The number of benzene rings is 1. The zero-order valence-corrected chi connectivity index (χ0v) is 12.1. The first-order chi connectivity index (χ1) is 10.2. The van der Waals surface area contributed by atoms with Crippen LogP contribution in [0.15, 0.2) is 42.5 Å². The van der Waals surface area contributed by atoms with E-state index in [1.807, 2.05) is 24.3 Å². The average Bonchev–Trinajstić information content (AvgIpc) is 2.53. The third-order valence-corrected chi connectivity index (χ3v) is 3.21. The van der Waals surface area contributed by atoms with Crippen LogP contribution in [0.3, 0.4) is 0 Å². The van der Waals surface area contributed by atoms with Crippen LogP contribution in [0.1, 0.15) is 12.1 Å². The summed E-state index contributed by atoms with van der Waals surface area (Å²) in [5.41, 5.74) is 7.52. The summed E-state index contributed by atoms with van der Waals surface area (Å²) in [5.74, 6) is 0.683. The topological polar surface area (TPSA) is 78.0 Å². The van der Waals surface area contributed by atoms with Gasteiger partial charge in [-0.3, -0.25) is 0 Å². The number of nitrogens with one attached hydrogen (secondary N) is 1. The van der Waals surface area contributed by atoms with Crippen LogP contribution >= 0.6 is 0 Å². The first kappa shape index (κ1) is 14.7. The summed E-state index contributed by atoms with van der Waals surface area (Å²) in [6.45, 7) is 1.73. The Balaban J connectivity index is 1.79. The van der Waals surface area contributed by atoms with Crippen LogP contribution in [0.25, 0.3) is 0 Å². The second kappa shape index (κ2) is 7.15. The Hall–Kier alpha value is -2.74. The number of nitrogen functional groups attached to an aromatic ring is 1. The highest BCUT2D eigenvalue weighted by Gasteiger charge is 2.02. The van der Waals surface area contributed by atoms with E-state index in [1.165, 1.54) is 5.69 Å². The van der Waals surface area contributed by atoms with Gasteiger partial charge in [0, 0.05) is 25.8 Å². The average molecular weight is 281 g/mol. The van der Waals surface area contributed by atoms with E-state index in [2.05, 4.69) is 34.4 Å². The molecule has 0 aliphatic carbocycles. The number of nitrogens with zero attached hydrogens (tertiary/aromatic N) is 3. The molecule has 0 amide bonds. The van der Waals surface area contributed by atoms with E-state index in [0.717, 1.165) is 19.5 Å². The number of rotatable bonds is 6. The van der Waals surface area contributed by atoms with Crippen LogP contribution in [0.5, 0.6) is 0 Å². The highest BCUT2D eigenvalue weighted by molar-refractivity contribution is 5.54. The van der Waals surface area contributed by atoms with Gasteiger partial charge in [0.05, 0.1) is 5.69 Å². The number of para-hydroxylation sites is 1. The molecule has 0 unspecified atom stereocenters. The van der Waals surface area contributed by atoms with Crippen molar-refractivity contribution in [3.8, 4) is 6.07 Å². The van der Waals surface area contributed by atoms with E-state index in [4.69, 9.17) is 11.0 Å². The summed E-state index contributed by atoms with van der Waals surface area (Å²) >= 11 is 0. The van der Waals surface area contributed by atoms with Crippen LogP contribution in [0, 0.1) is 11.3 Å². The molecule has 2 rings (SSSR count). The molecule has 1 heterocycles. The van der Waals surface area contributed by atoms with Crippen molar-refractivity contribution >= 4 is 17.2 Å². The summed E-state index contributed by atoms with van der Waals surface area (Å²) in [7, 11) is 2.07. The van der Waals surface area contributed by atoms with Crippen molar-refractivity contribution in [2.45, 2.75) is 6.42 Å². The third kappa shape index (κ3) is 4.11. The fraction of sp³-hybridized carbons (Fsp3) is 0.250. The van der Waals surface area contributed by atoms with Gasteiger partial charge in [-0.1, -0.05) is 18.2 Å². The molecule has 21 heavy (non-hydrogen) atoms. The molecule has 2 aromatic rings. The van der Waals surface area contributed by atoms with Gasteiger partial charge in [-0.05, 0) is 30.7 Å². The van der Waals surface area contributed by atoms with Crippen LogP contribution in [0.4, 0.5) is 17.2 Å². The zero-order chi connectivity index (χ0) is 15.1. The number of nitriles is 1. The van der Waals surface area contributed by atoms with Gasteiger partial charge < -0.3 is 16.0 Å². The van der Waals surface area contributed by atoms with Crippen LogP contribution in [-0.4, -0.2) is 25.1 Å². The lowest BCUT2D eigenvalue weighted by Gasteiger charge is -2.19. The molecule has 1 aromatic carbocycles. The van der Waals surface area contributed by atoms with Gasteiger partial charge in [0.25, 0.3) is 0 Å².